The van der Waals surface area contributed by atoms with Crippen molar-refractivity contribution >= 4 is 0 Å². The number of pyridine rings is 1. The molecule has 0 aliphatic heterocycles. The Hall–Kier alpha value is -0.930. The van der Waals surface area contributed by atoms with Gasteiger partial charge in [-0.15, -0.1) is 0 Å². The smallest absolute Gasteiger partial charge is 0.0419 e. The van der Waals surface area contributed by atoms with E-state index in [2.05, 4.69) is 37.8 Å². The zero-order valence-corrected chi connectivity index (χ0v) is 10.8. The molecule has 0 aliphatic rings. The molecule has 3 nitrogen and oxygen atoms in total. The number of hydrogen-bond acceptors (Lipinski definition) is 3. The van der Waals surface area contributed by atoms with Crippen LogP contribution in [-0.2, 0) is 6.42 Å². The highest BCUT2D eigenvalue weighted by Gasteiger charge is 2.32. The standard InChI is InChI=1S/C13H23N3/c1-5-13(2,16(3)4)12(14)10-11-8-6-7-9-15-11/h6-9,12H,5,10,14H2,1-4H3. The summed E-state index contributed by atoms with van der Waals surface area (Å²) in [4.78, 5) is 6.54. The minimum Gasteiger partial charge on any atom is -0.326 e. The van der Waals surface area contributed by atoms with Crippen LogP contribution in [0.3, 0.4) is 0 Å². The van der Waals surface area contributed by atoms with Gasteiger partial charge in [0.2, 0.25) is 0 Å². The molecule has 2 unspecified atom stereocenters. The van der Waals surface area contributed by atoms with Crippen LogP contribution in [-0.4, -0.2) is 35.6 Å². The van der Waals surface area contributed by atoms with E-state index >= 15 is 0 Å². The van der Waals surface area contributed by atoms with E-state index in [0.717, 1.165) is 18.5 Å². The van der Waals surface area contributed by atoms with Crippen molar-refractivity contribution in [2.45, 2.75) is 38.3 Å². The van der Waals surface area contributed by atoms with E-state index in [9.17, 15) is 0 Å². The molecule has 0 bridgehead atoms. The van der Waals surface area contributed by atoms with Gasteiger partial charge in [0.1, 0.15) is 0 Å². The van der Waals surface area contributed by atoms with Crippen molar-refractivity contribution in [2.24, 2.45) is 5.73 Å². The summed E-state index contributed by atoms with van der Waals surface area (Å²) in [5, 5.41) is 0. The first-order valence-electron chi connectivity index (χ1n) is 5.83. The Morgan fingerprint density at radius 3 is 2.56 bits per heavy atom. The highest BCUT2D eigenvalue weighted by Crippen LogP contribution is 2.21. The first-order valence-corrected chi connectivity index (χ1v) is 5.83. The molecular formula is C13H23N3. The quantitative estimate of drug-likeness (QED) is 0.822. The fourth-order valence-electron chi connectivity index (χ4n) is 1.87. The maximum Gasteiger partial charge on any atom is 0.0419 e. The molecule has 2 atom stereocenters. The van der Waals surface area contributed by atoms with E-state index in [1.54, 1.807) is 0 Å². The lowest BCUT2D eigenvalue weighted by molar-refractivity contribution is 0.131. The highest BCUT2D eigenvalue weighted by molar-refractivity contribution is 5.08. The molecule has 1 heterocycles. The van der Waals surface area contributed by atoms with Crippen molar-refractivity contribution in [1.29, 1.82) is 0 Å². The number of rotatable bonds is 5. The molecule has 0 fully saturated rings. The van der Waals surface area contributed by atoms with E-state index in [-0.39, 0.29) is 11.6 Å². The zero-order chi connectivity index (χ0) is 12.2. The fourth-order valence-corrected chi connectivity index (χ4v) is 1.87. The first kappa shape index (κ1) is 13.1. The molecule has 0 amide bonds. The maximum absolute atomic E-state index is 6.31. The van der Waals surface area contributed by atoms with Gasteiger partial charge in [0.25, 0.3) is 0 Å². The van der Waals surface area contributed by atoms with Crippen molar-refractivity contribution in [1.82, 2.24) is 9.88 Å². The minimum atomic E-state index is 0.0253. The summed E-state index contributed by atoms with van der Waals surface area (Å²) in [5.41, 5.74) is 7.41. The lowest BCUT2D eigenvalue weighted by Crippen LogP contribution is -2.55. The Balaban J connectivity index is 2.74. The van der Waals surface area contributed by atoms with Crippen LogP contribution in [0.5, 0.6) is 0 Å². The van der Waals surface area contributed by atoms with Crippen molar-refractivity contribution in [2.75, 3.05) is 14.1 Å². The lowest BCUT2D eigenvalue weighted by atomic mass is 9.86. The normalized spacial score (nSPS) is 17.1. The van der Waals surface area contributed by atoms with Gasteiger partial charge >= 0.3 is 0 Å². The highest BCUT2D eigenvalue weighted by atomic mass is 15.2. The molecule has 0 aliphatic carbocycles. The second kappa shape index (κ2) is 5.41. The molecule has 1 rings (SSSR count). The zero-order valence-electron chi connectivity index (χ0n) is 10.8. The van der Waals surface area contributed by atoms with E-state index in [4.69, 9.17) is 5.73 Å². The van der Waals surface area contributed by atoms with Crippen LogP contribution in [0.15, 0.2) is 24.4 Å². The monoisotopic (exact) mass is 221 g/mol. The Kier molecular flexibility index (Phi) is 4.44. The molecule has 0 saturated heterocycles. The molecule has 90 valence electrons. The summed E-state index contributed by atoms with van der Waals surface area (Å²) in [5.74, 6) is 0. The van der Waals surface area contributed by atoms with Gasteiger partial charge in [-0.2, -0.15) is 0 Å². The second-order valence-corrected chi connectivity index (χ2v) is 4.74. The average Bonchev–Trinajstić information content (AvgIpc) is 2.28. The topological polar surface area (TPSA) is 42.1 Å². The summed E-state index contributed by atoms with van der Waals surface area (Å²) in [6, 6.07) is 6.07. The van der Waals surface area contributed by atoms with Gasteiger partial charge in [-0.25, -0.2) is 0 Å². The largest absolute Gasteiger partial charge is 0.326 e. The Morgan fingerprint density at radius 2 is 2.12 bits per heavy atom. The third-order valence-corrected chi connectivity index (χ3v) is 3.69. The number of aromatic nitrogens is 1. The molecular weight excluding hydrogens is 198 g/mol. The Bertz CT molecular complexity index is 310. The van der Waals surface area contributed by atoms with Crippen molar-refractivity contribution in [3.63, 3.8) is 0 Å². The molecule has 2 N–H and O–H groups in total. The molecule has 0 saturated carbocycles. The van der Waals surface area contributed by atoms with E-state index in [1.807, 2.05) is 24.4 Å². The minimum absolute atomic E-state index is 0.0253. The fraction of sp³-hybridized carbons (Fsp3) is 0.615. The second-order valence-electron chi connectivity index (χ2n) is 4.74. The van der Waals surface area contributed by atoms with E-state index in [0.29, 0.717) is 0 Å². The van der Waals surface area contributed by atoms with Crippen molar-refractivity contribution in [3.05, 3.63) is 30.1 Å². The molecule has 1 aromatic rings. The maximum atomic E-state index is 6.31. The van der Waals surface area contributed by atoms with Gasteiger partial charge in [0.05, 0.1) is 0 Å². The van der Waals surface area contributed by atoms with Crippen molar-refractivity contribution in [3.8, 4) is 0 Å². The van der Waals surface area contributed by atoms with Crippen molar-refractivity contribution < 1.29 is 0 Å². The third kappa shape index (κ3) is 2.80. The van der Waals surface area contributed by atoms with Gasteiger partial charge in [0.15, 0.2) is 0 Å². The first-order chi connectivity index (χ1) is 7.50. The van der Waals surface area contributed by atoms with Gasteiger partial charge in [-0.1, -0.05) is 13.0 Å². The molecule has 0 spiro atoms. The SMILES string of the molecule is CCC(C)(C(N)Cc1ccccn1)N(C)C. The Labute approximate surface area is 98.7 Å². The molecule has 16 heavy (non-hydrogen) atoms. The van der Waals surface area contributed by atoms with Crippen LogP contribution in [0.1, 0.15) is 26.0 Å². The van der Waals surface area contributed by atoms with Crippen LogP contribution in [0.2, 0.25) is 0 Å². The van der Waals surface area contributed by atoms with Gasteiger partial charge in [-0.3, -0.25) is 4.98 Å². The summed E-state index contributed by atoms with van der Waals surface area (Å²) >= 11 is 0. The number of hydrogen-bond donors (Lipinski definition) is 1. The molecule has 0 radical (unpaired) electrons. The summed E-state index contributed by atoms with van der Waals surface area (Å²) in [7, 11) is 4.17. The van der Waals surface area contributed by atoms with Gasteiger partial charge < -0.3 is 10.6 Å². The number of likely N-dealkylation sites (N-methyl/N-ethyl adjacent to an activating group) is 1. The predicted octanol–water partition coefficient (Wildman–Crippen LogP) is 1.68. The Morgan fingerprint density at radius 1 is 1.44 bits per heavy atom. The van der Waals surface area contributed by atoms with Gasteiger partial charge in [-0.05, 0) is 39.6 Å². The molecule has 1 aromatic heterocycles. The van der Waals surface area contributed by atoms with Crippen LogP contribution in [0.4, 0.5) is 0 Å². The van der Waals surface area contributed by atoms with Crippen LogP contribution in [0, 0.1) is 0 Å². The average molecular weight is 221 g/mol. The summed E-state index contributed by atoms with van der Waals surface area (Å²) in [6.45, 7) is 4.39. The number of nitrogens with two attached hydrogens (primary N) is 1. The van der Waals surface area contributed by atoms with Crippen LogP contribution in [0.25, 0.3) is 0 Å². The van der Waals surface area contributed by atoms with E-state index < -0.39 is 0 Å². The summed E-state index contributed by atoms with van der Waals surface area (Å²) in [6.07, 6.45) is 3.68. The van der Waals surface area contributed by atoms with Crippen LogP contribution < -0.4 is 5.73 Å². The predicted molar refractivity (Wildman–Crippen MR) is 68.3 cm³/mol. The molecule has 0 aromatic carbocycles. The van der Waals surface area contributed by atoms with Crippen LogP contribution >= 0.6 is 0 Å². The summed E-state index contributed by atoms with van der Waals surface area (Å²) < 4.78 is 0. The third-order valence-electron chi connectivity index (χ3n) is 3.69. The number of nitrogens with zero attached hydrogens (tertiary/aromatic N) is 2. The lowest BCUT2D eigenvalue weighted by Gasteiger charge is -2.40. The van der Waals surface area contributed by atoms with E-state index in [1.165, 1.54) is 0 Å². The molecule has 3 heteroatoms. The van der Waals surface area contributed by atoms with Gasteiger partial charge in [0, 0.05) is 29.9 Å².